The molecule has 0 aliphatic carbocycles. The Morgan fingerprint density at radius 3 is 2.69 bits per heavy atom. The molecule has 2 aromatic heterocycles. The van der Waals surface area contributed by atoms with Crippen LogP contribution in [0.15, 0.2) is 73.2 Å². The van der Waals surface area contributed by atoms with Gasteiger partial charge in [-0.1, -0.05) is 12.5 Å². The highest BCUT2D eigenvalue weighted by Crippen LogP contribution is 2.24. The Bertz CT molecular complexity index is 917. The molecule has 4 rings (SSSR count). The van der Waals surface area contributed by atoms with Crippen molar-refractivity contribution in [3.05, 3.63) is 78.9 Å². The number of amides is 1. The molecule has 0 radical (unpaired) electrons. The molecular formula is C23H24N4O2. The quantitative estimate of drug-likeness (QED) is 0.683. The predicted octanol–water partition coefficient (Wildman–Crippen LogP) is 4.26. The molecule has 1 aliphatic rings. The van der Waals surface area contributed by atoms with Crippen molar-refractivity contribution in [2.24, 2.45) is 0 Å². The SMILES string of the molecule is O=C(Nc1ccc(Oc2cccnc2)cc1)[C@@H]1CCCCN1Cc1ccccn1. The second-order valence-electron chi connectivity index (χ2n) is 7.11. The number of rotatable bonds is 6. The molecule has 0 spiro atoms. The Labute approximate surface area is 170 Å². The largest absolute Gasteiger partial charge is 0.456 e. The summed E-state index contributed by atoms with van der Waals surface area (Å²) in [6.45, 7) is 1.60. The van der Waals surface area contributed by atoms with Crippen LogP contribution in [0.5, 0.6) is 11.5 Å². The molecule has 0 unspecified atom stereocenters. The van der Waals surface area contributed by atoms with Crippen molar-refractivity contribution in [1.29, 1.82) is 0 Å². The minimum atomic E-state index is -0.142. The molecule has 29 heavy (non-hydrogen) atoms. The number of ether oxygens (including phenoxy) is 1. The maximum Gasteiger partial charge on any atom is 0.241 e. The van der Waals surface area contributed by atoms with E-state index >= 15 is 0 Å². The molecule has 1 amide bonds. The van der Waals surface area contributed by atoms with Gasteiger partial charge in [0.25, 0.3) is 0 Å². The fourth-order valence-corrected chi connectivity index (χ4v) is 3.55. The number of likely N-dealkylation sites (tertiary alicyclic amines) is 1. The summed E-state index contributed by atoms with van der Waals surface area (Å²) in [6, 6.07) is 16.8. The maximum absolute atomic E-state index is 12.9. The van der Waals surface area contributed by atoms with E-state index < -0.39 is 0 Å². The summed E-state index contributed by atoms with van der Waals surface area (Å²) in [7, 11) is 0. The van der Waals surface area contributed by atoms with Crippen LogP contribution in [0.1, 0.15) is 25.0 Å². The molecule has 6 heteroatoms. The molecule has 3 aromatic rings. The van der Waals surface area contributed by atoms with E-state index in [9.17, 15) is 4.79 Å². The number of carbonyl (C=O) groups is 1. The number of pyridine rings is 2. The van der Waals surface area contributed by atoms with Gasteiger partial charge in [-0.15, -0.1) is 0 Å². The smallest absolute Gasteiger partial charge is 0.241 e. The lowest BCUT2D eigenvalue weighted by atomic mass is 10.0. The van der Waals surface area contributed by atoms with E-state index in [0.717, 1.165) is 37.2 Å². The van der Waals surface area contributed by atoms with E-state index in [4.69, 9.17) is 4.74 Å². The second-order valence-corrected chi connectivity index (χ2v) is 7.11. The highest BCUT2D eigenvalue weighted by atomic mass is 16.5. The first-order valence-corrected chi connectivity index (χ1v) is 9.91. The van der Waals surface area contributed by atoms with E-state index in [-0.39, 0.29) is 11.9 Å². The second kappa shape index (κ2) is 9.30. The minimum Gasteiger partial charge on any atom is -0.456 e. The van der Waals surface area contributed by atoms with Crippen LogP contribution in [0.3, 0.4) is 0 Å². The van der Waals surface area contributed by atoms with Gasteiger partial charge in [0.15, 0.2) is 0 Å². The molecule has 1 N–H and O–H groups in total. The number of piperidine rings is 1. The average Bonchev–Trinajstić information content (AvgIpc) is 2.77. The van der Waals surface area contributed by atoms with Gasteiger partial charge in [0, 0.05) is 24.6 Å². The van der Waals surface area contributed by atoms with E-state index in [0.29, 0.717) is 18.0 Å². The van der Waals surface area contributed by atoms with Gasteiger partial charge < -0.3 is 10.1 Å². The molecule has 1 aliphatic heterocycles. The maximum atomic E-state index is 12.9. The number of anilines is 1. The molecular weight excluding hydrogens is 364 g/mol. The number of carbonyl (C=O) groups excluding carboxylic acids is 1. The fraction of sp³-hybridized carbons (Fsp3) is 0.261. The Hall–Kier alpha value is -3.25. The van der Waals surface area contributed by atoms with Crippen LogP contribution in [0.25, 0.3) is 0 Å². The Balaban J connectivity index is 1.38. The standard InChI is InChI=1S/C23H24N4O2/c28-23(22-8-2-4-15-27(22)17-19-6-1-3-14-25-19)26-18-9-11-20(12-10-18)29-21-7-5-13-24-16-21/h1,3,5-7,9-14,16,22H,2,4,8,15,17H2,(H,26,28)/t22-/m0/s1. The summed E-state index contributed by atoms with van der Waals surface area (Å²) in [6.07, 6.45) is 8.19. The first kappa shape index (κ1) is 19.1. The molecule has 0 bridgehead atoms. The van der Waals surface area contributed by atoms with Crippen molar-refractivity contribution in [2.45, 2.75) is 31.8 Å². The van der Waals surface area contributed by atoms with Gasteiger partial charge in [0.1, 0.15) is 11.5 Å². The molecule has 1 atom stereocenters. The van der Waals surface area contributed by atoms with Crippen molar-refractivity contribution in [3.8, 4) is 11.5 Å². The molecule has 6 nitrogen and oxygen atoms in total. The number of hydrogen-bond acceptors (Lipinski definition) is 5. The highest BCUT2D eigenvalue weighted by molar-refractivity contribution is 5.94. The van der Waals surface area contributed by atoms with Crippen LogP contribution in [0.2, 0.25) is 0 Å². The number of aromatic nitrogens is 2. The van der Waals surface area contributed by atoms with Crippen molar-refractivity contribution >= 4 is 11.6 Å². The van der Waals surface area contributed by atoms with Crippen molar-refractivity contribution < 1.29 is 9.53 Å². The number of nitrogens with zero attached hydrogens (tertiary/aromatic N) is 3. The zero-order valence-electron chi connectivity index (χ0n) is 16.2. The van der Waals surface area contributed by atoms with Crippen LogP contribution in [-0.2, 0) is 11.3 Å². The van der Waals surface area contributed by atoms with E-state index in [2.05, 4.69) is 20.2 Å². The molecule has 1 fully saturated rings. The molecule has 1 saturated heterocycles. The van der Waals surface area contributed by atoms with Gasteiger partial charge in [0.2, 0.25) is 5.91 Å². The molecule has 1 aromatic carbocycles. The third-order valence-electron chi connectivity index (χ3n) is 5.00. The topological polar surface area (TPSA) is 67.3 Å². The van der Waals surface area contributed by atoms with Gasteiger partial charge >= 0.3 is 0 Å². The van der Waals surface area contributed by atoms with E-state index in [1.807, 2.05) is 54.6 Å². The summed E-state index contributed by atoms with van der Waals surface area (Å²) in [5, 5.41) is 3.05. The van der Waals surface area contributed by atoms with Gasteiger partial charge in [0.05, 0.1) is 17.9 Å². The van der Waals surface area contributed by atoms with Crippen LogP contribution in [0.4, 0.5) is 5.69 Å². The summed E-state index contributed by atoms with van der Waals surface area (Å²) in [4.78, 5) is 23.6. The number of nitrogens with one attached hydrogen (secondary N) is 1. The van der Waals surface area contributed by atoms with E-state index in [1.165, 1.54) is 0 Å². The predicted molar refractivity (Wildman–Crippen MR) is 112 cm³/mol. The van der Waals surface area contributed by atoms with Crippen molar-refractivity contribution in [1.82, 2.24) is 14.9 Å². The van der Waals surface area contributed by atoms with Crippen LogP contribution < -0.4 is 10.1 Å². The Morgan fingerprint density at radius 2 is 1.93 bits per heavy atom. The zero-order chi connectivity index (χ0) is 19.9. The normalized spacial score (nSPS) is 16.9. The number of benzene rings is 1. The third-order valence-corrected chi connectivity index (χ3v) is 5.00. The monoisotopic (exact) mass is 388 g/mol. The lowest BCUT2D eigenvalue weighted by molar-refractivity contribution is -0.122. The third kappa shape index (κ3) is 5.18. The average molecular weight is 388 g/mol. The van der Waals surface area contributed by atoms with Crippen LogP contribution >= 0.6 is 0 Å². The molecule has 148 valence electrons. The fourth-order valence-electron chi connectivity index (χ4n) is 3.55. The first-order chi connectivity index (χ1) is 14.3. The lowest BCUT2D eigenvalue weighted by Gasteiger charge is -2.34. The summed E-state index contributed by atoms with van der Waals surface area (Å²) in [5.41, 5.74) is 1.75. The highest BCUT2D eigenvalue weighted by Gasteiger charge is 2.28. The van der Waals surface area contributed by atoms with Crippen molar-refractivity contribution in [3.63, 3.8) is 0 Å². The van der Waals surface area contributed by atoms with Gasteiger partial charge in [-0.05, 0) is 67.9 Å². The van der Waals surface area contributed by atoms with Crippen LogP contribution in [0, 0.1) is 0 Å². The van der Waals surface area contributed by atoms with Gasteiger partial charge in [-0.3, -0.25) is 19.7 Å². The molecule has 0 saturated carbocycles. The van der Waals surface area contributed by atoms with E-state index in [1.54, 1.807) is 18.6 Å². The van der Waals surface area contributed by atoms with Gasteiger partial charge in [-0.25, -0.2) is 0 Å². The first-order valence-electron chi connectivity index (χ1n) is 9.91. The number of hydrogen-bond donors (Lipinski definition) is 1. The summed E-state index contributed by atoms with van der Waals surface area (Å²) >= 11 is 0. The lowest BCUT2D eigenvalue weighted by Crippen LogP contribution is -2.46. The Kier molecular flexibility index (Phi) is 6.12. The van der Waals surface area contributed by atoms with Crippen molar-refractivity contribution in [2.75, 3.05) is 11.9 Å². The summed E-state index contributed by atoms with van der Waals surface area (Å²) in [5.74, 6) is 1.41. The zero-order valence-corrected chi connectivity index (χ0v) is 16.2. The van der Waals surface area contributed by atoms with Crippen LogP contribution in [-0.4, -0.2) is 33.4 Å². The minimum absolute atomic E-state index is 0.0292. The summed E-state index contributed by atoms with van der Waals surface area (Å²) < 4.78 is 5.75. The molecule has 3 heterocycles. The van der Waals surface area contributed by atoms with Gasteiger partial charge in [-0.2, -0.15) is 0 Å². The Morgan fingerprint density at radius 1 is 1.03 bits per heavy atom.